The van der Waals surface area contributed by atoms with E-state index < -0.39 is 63.9 Å². The molecule has 1 aromatic carbocycles. The molecule has 2 aliphatic heterocycles. The number of nitrogens with one attached hydrogen (secondary N) is 1. The topological polar surface area (TPSA) is 169 Å². The maximum Gasteiger partial charge on any atom is 0.397 e. The monoisotopic (exact) mass is 407 g/mol. The summed E-state index contributed by atoms with van der Waals surface area (Å²) in [4.78, 5) is 49.3. The zero-order chi connectivity index (χ0) is 21.5. The predicted molar refractivity (Wildman–Crippen MR) is 89.9 cm³/mol. The first-order valence-corrected chi connectivity index (χ1v) is 8.55. The Balaban J connectivity index is 1.99. The van der Waals surface area contributed by atoms with E-state index in [4.69, 9.17) is 9.47 Å². The number of esters is 2. The van der Waals surface area contributed by atoms with Crippen LogP contribution in [0.25, 0.3) is 0 Å². The van der Waals surface area contributed by atoms with E-state index in [1.165, 1.54) is 6.07 Å². The fourth-order valence-corrected chi connectivity index (χ4v) is 4.56. The van der Waals surface area contributed by atoms with Gasteiger partial charge in [0.2, 0.25) is 5.72 Å². The van der Waals surface area contributed by atoms with Crippen molar-refractivity contribution in [2.45, 2.75) is 36.9 Å². The van der Waals surface area contributed by atoms with Gasteiger partial charge in [0.15, 0.2) is 17.5 Å². The molecule has 0 aromatic heterocycles. The number of benzene rings is 1. The molecule has 2 bridgehead atoms. The summed E-state index contributed by atoms with van der Waals surface area (Å²) in [5, 5.41) is 34.9. The lowest BCUT2D eigenvalue weighted by molar-refractivity contribution is -0.184. The molecule has 4 rings (SSSR count). The maximum atomic E-state index is 13.4. The molecular formula is C18H17NO10. The Morgan fingerprint density at radius 2 is 1.86 bits per heavy atom. The van der Waals surface area contributed by atoms with Crippen LogP contribution >= 0.6 is 0 Å². The van der Waals surface area contributed by atoms with Gasteiger partial charge in [-0.15, -0.1) is 0 Å². The van der Waals surface area contributed by atoms with E-state index in [0.29, 0.717) is 0 Å². The number of aliphatic hydroxyl groups is 2. The number of fused-ring (bicyclic) bond motifs is 2. The number of rotatable bonds is 1. The van der Waals surface area contributed by atoms with E-state index in [2.05, 4.69) is 10.1 Å². The van der Waals surface area contributed by atoms with Gasteiger partial charge in [-0.2, -0.15) is 0 Å². The van der Waals surface area contributed by atoms with Crippen LogP contribution < -0.4 is 10.1 Å². The molecule has 0 unspecified atom stereocenters. The third kappa shape index (κ3) is 2.08. The standard InChI is InChI=1S/C18H17NO10/c1-16(25)11-10(21)8-7(5-4-6(9(8)20)13(23)27-3)29-18(11)17(2,26)15(16)28-14(24)12(22)19-18/h4-5,11,15,20,25-26H,1-3H3,(H,19,22)/t11-,15+,16+,17+,18+/m0/s1. The molecule has 1 saturated heterocycles. The summed E-state index contributed by atoms with van der Waals surface area (Å²) in [6.07, 6.45) is -1.72. The van der Waals surface area contributed by atoms with Gasteiger partial charge >= 0.3 is 17.8 Å². The van der Waals surface area contributed by atoms with Crippen molar-refractivity contribution in [3.8, 4) is 11.5 Å². The number of carbonyl (C=O) groups excluding carboxylic acids is 4. The average Bonchev–Trinajstić information content (AvgIpc) is 2.70. The Kier molecular flexibility index (Phi) is 3.60. The Morgan fingerprint density at radius 3 is 2.48 bits per heavy atom. The van der Waals surface area contributed by atoms with E-state index in [-0.39, 0.29) is 11.3 Å². The van der Waals surface area contributed by atoms with Crippen LogP contribution in [0, 0.1) is 5.92 Å². The Bertz CT molecular complexity index is 997. The number of aromatic hydroxyl groups is 1. The Morgan fingerprint density at radius 1 is 1.21 bits per heavy atom. The van der Waals surface area contributed by atoms with Crippen molar-refractivity contribution in [1.29, 1.82) is 0 Å². The number of methoxy groups -OCH3 is 1. The van der Waals surface area contributed by atoms with E-state index >= 15 is 0 Å². The van der Waals surface area contributed by atoms with Crippen molar-refractivity contribution in [3.05, 3.63) is 23.3 Å². The highest BCUT2D eigenvalue weighted by atomic mass is 16.6. The first-order valence-electron chi connectivity index (χ1n) is 8.55. The van der Waals surface area contributed by atoms with Crippen LogP contribution in [-0.4, -0.2) is 69.1 Å². The van der Waals surface area contributed by atoms with E-state index in [1.54, 1.807) is 0 Å². The highest BCUT2D eigenvalue weighted by Crippen LogP contribution is 2.57. The Hall–Kier alpha value is -3.18. The molecule has 2 fully saturated rings. The largest absolute Gasteiger partial charge is 0.506 e. The fourth-order valence-electron chi connectivity index (χ4n) is 4.56. The van der Waals surface area contributed by atoms with Crippen molar-refractivity contribution in [1.82, 2.24) is 5.32 Å². The molecule has 3 aliphatic rings. The molecule has 4 N–H and O–H groups in total. The van der Waals surface area contributed by atoms with Gasteiger partial charge < -0.3 is 34.8 Å². The molecule has 11 nitrogen and oxygen atoms in total. The summed E-state index contributed by atoms with van der Waals surface area (Å²) in [6, 6.07) is 2.30. The minimum Gasteiger partial charge on any atom is -0.506 e. The summed E-state index contributed by atoms with van der Waals surface area (Å²) in [5.74, 6) is -7.19. The van der Waals surface area contributed by atoms with Gasteiger partial charge in [0.25, 0.3) is 0 Å². The zero-order valence-electron chi connectivity index (χ0n) is 15.5. The van der Waals surface area contributed by atoms with Gasteiger partial charge in [0.1, 0.15) is 34.1 Å². The molecule has 1 saturated carbocycles. The molecule has 29 heavy (non-hydrogen) atoms. The molecule has 1 aliphatic carbocycles. The molecule has 1 spiro atoms. The van der Waals surface area contributed by atoms with Crippen molar-refractivity contribution >= 4 is 23.6 Å². The smallest absolute Gasteiger partial charge is 0.397 e. The number of carbonyl (C=O) groups is 4. The van der Waals surface area contributed by atoms with Gasteiger partial charge in [-0.1, -0.05) is 0 Å². The van der Waals surface area contributed by atoms with Crippen LogP contribution in [0.15, 0.2) is 12.1 Å². The van der Waals surface area contributed by atoms with Crippen molar-refractivity contribution in [3.63, 3.8) is 0 Å². The second kappa shape index (κ2) is 5.45. The van der Waals surface area contributed by atoms with Gasteiger partial charge in [-0.25, -0.2) is 9.59 Å². The minimum atomic E-state index is -2.27. The first-order chi connectivity index (χ1) is 13.4. The van der Waals surface area contributed by atoms with Gasteiger partial charge in [0.05, 0.1) is 7.11 Å². The van der Waals surface area contributed by atoms with Crippen LogP contribution in [0.1, 0.15) is 34.6 Å². The second-order valence-corrected chi connectivity index (χ2v) is 7.57. The van der Waals surface area contributed by atoms with Crippen LogP contribution in [0.4, 0.5) is 0 Å². The lowest BCUT2D eigenvalue weighted by Crippen LogP contribution is -2.71. The number of phenols is 1. The quantitative estimate of drug-likeness (QED) is 0.322. The van der Waals surface area contributed by atoms with Crippen molar-refractivity contribution < 1.29 is 48.7 Å². The highest BCUT2D eigenvalue weighted by molar-refractivity contribution is 6.33. The average molecular weight is 407 g/mol. The number of Topliss-reactive ketones (excluding diaryl/α,β-unsaturated/α-hetero) is 1. The fraction of sp³-hybridized carbons (Fsp3) is 0.444. The number of ether oxygens (including phenoxy) is 3. The normalized spacial score (nSPS) is 37.5. The van der Waals surface area contributed by atoms with Crippen LogP contribution in [-0.2, 0) is 19.1 Å². The Labute approximate surface area is 163 Å². The third-order valence-electron chi connectivity index (χ3n) is 5.82. The summed E-state index contributed by atoms with van der Waals surface area (Å²) < 4.78 is 15.3. The second-order valence-electron chi connectivity index (χ2n) is 7.57. The summed E-state index contributed by atoms with van der Waals surface area (Å²) >= 11 is 0. The minimum absolute atomic E-state index is 0.275. The SMILES string of the molecule is COC(=O)c1ccc2c(c1O)C(=O)[C@H]1[C@@](C)(O)[C@H]3OC(=O)C(=O)N[C@]1(O2)[C@]3(C)O. The van der Waals surface area contributed by atoms with E-state index in [0.717, 1.165) is 27.0 Å². The van der Waals surface area contributed by atoms with Crippen molar-refractivity contribution in [2.24, 2.45) is 5.92 Å². The zero-order valence-corrected chi connectivity index (χ0v) is 15.5. The number of hydrogen-bond acceptors (Lipinski definition) is 10. The maximum absolute atomic E-state index is 13.4. The molecule has 11 heteroatoms. The number of amides is 1. The summed E-state index contributed by atoms with van der Waals surface area (Å²) in [6.45, 7) is 2.28. The lowest BCUT2D eigenvalue weighted by atomic mass is 9.77. The van der Waals surface area contributed by atoms with Gasteiger partial charge in [0, 0.05) is 0 Å². The molecule has 154 valence electrons. The number of hydrogen-bond donors (Lipinski definition) is 4. The number of ketones is 1. The molecule has 1 aromatic rings. The van der Waals surface area contributed by atoms with E-state index in [9.17, 15) is 34.5 Å². The predicted octanol–water partition coefficient (Wildman–Crippen LogP) is -1.38. The molecule has 2 heterocycles. The molecule has 0 radical (unpaired) electrons. The molecule has 5 atom stereocenters. The van der Waals surface area contributed by atoms with Crippen LogP contribution in [0.3, 0.4) is 0 Å². The summed E-state index contributed by atoms with van der Waals surface area (Å²) in [5.41, 5.74) is -7.46. The van der Waals surface area contributed by atoms with Crippen molar-refractivity contribution in [2.75, 3.05) is 7.11 Å². The van der Waals surface area contributed by atoms with E-state index in [1.807, 2.05) is 0 Å². The van der Waals surface area contributed by atoms with Crippen LogP contribution in [0.5, 0.6) is 11.5 Å². The highest BCUT2D eigenvalue weighted by Gasteiger charge is 2.81. The van der Waals surface area contributed by atoms with Crippen LogP contribution in [0.2, 0.25) is 0 Å². The van der Waals surface area contributed by atoms with Gasteiger partial charge in [-0.05, 0) is 26.0 Å². The summed E-state index contributed by atoms with van der Waals surface area (Å²) in [7, 11) is 1.09. The first kappa shape index (κ1) is 19.2. The lowest BCUT2D eigenvalue weighted by Gasteiger charge is -2.45. The molecular weight excluding hydrogens is 390 g/mol. The van der Waals surface area contributed by atoms with Gasteiger partial charge in [-0.3, -0.25) is 9.59 Å². The third-order valence-corrected chi connectivity index (χ3v) is 5.82. The molecule has 1 amide bonds. The number of phenolic OH excluding ortho intramolecular Hbond substituents is 1.